The number of nitrogens with one attached hydrogen (secondary N) is 1. The fraction of sp³-hybridized carbons (Fsp3) is 0.467. The molecule has 7 nitrogen and oxygen atoms in total. The van der Waals surface area contributed by atoms with Gasteiger partial charge in [0, 0.05) is 53.2 Å². The Kier molecular flexibility index (Phi) is 7.69. The number of hydrogen-bond acceptors (Lipinski definition) is 7. The van der Waals surface area contributed by atoms with E-state index in [-0.39, 0.29) is 17.6 Å². The molecule has 0 spiro atoms. The third-order valence-electron chi connectivity index (χ3n) is 8.39. The van der Waals surface area contributed by atoms with Crippen LogP contribution in [0.15, 0.2) is 48.8 Å². The van der Waals surface area contributed by atoms with Crippen molar-refractivity contribution in [1.29, 1.82) is 5.26 Å². The van der Waals surface area contributed by atoms with E-state index < -0.39 is 16.3 Å². The van der Waals surface area contributed by atoms with Crippen molar-refractivity contribution in [3.05, 3.63) is 54.6 Å². The summed E-state index contributed by atoms with van der Waals surface area (Å²) in [5, 5.41) is 12.6. The first-order chi connectivity index (χ1) is 19.4. The number of carbonyl (C=O) groups is 1. The minimum absolute atomic E-state index is 0.138. The average Bonchev–Trinajstić information content (AvgIpc) is 3.89. The highest BCUT2D eigenvalue weighted by Gasteiger charge is 2.48. The van der Waals surface area contributed by atoms with Gasteiger partial charge in [0.15, 0.2) is 0 Å². The zero-order valence-corrected chi connectivity index (χ0v) is 23.9. The average molecular weight is 578 g/mol. The molecule has 10 heteroatoms. The Balaban J connectivity index is 0.000000164. The lowest BCUT2D eigenvalue weighted by Gasteiger charge is -2.28. The summed E-state index contributed by atoms with van der Waals surface area (Å²) in [4.78, 5) is 23.7. The molecule has 3 heterocycles. The number of halogens is 1. The molecule has 3 saturated carbocycles. The maximum Gasteiger partial charge on any atom is 0.224 e. The number of thiazole rings is 1. The SMILES string of the molecule is N#CC1(NC(=O)C2CCC3CC3C2)CC1.O=S1CCN(c2ccc(-c3cnc(-c4ccc(F)cn4)s3)cc2)CC1. The number of carbonyl (C=O) groups excluding carboxylic acids is 1. The summed E-state index contributed by atoms with van der Waals surface area (Å²) in [6.45, 7) is 1.68. The van der Waals surface area contributed by atoms with E-state index >= 15 is 0 Å². The zero-order valence-electron chi connectivity index (χ0n) is 22.2. The maximum absolute atomic E-state index is 13.0. The predicted octanol–water partition coefficient (Wildman–Crippen LogP) is 5.17. The molecule has 4 aliphatic rings. The first-order valence-corrected chi connectivity index (χ1v) is 16.2. The van der Waals surface area contributed by atoms with Crippen molar-refractivity contribution in [3.8, 4) is 27.2 Å². The highest BCUT2D eigenvalue weighted by molar-refractivity contribution is 7.85. The molecule has 2 aromatic heterocycles. The molecule has 4 fully saturated rings. The Labute approximate surface area is 240 Å². The van der Waals surface area contributed by atoms with Gasteiger partial charge in [0.1, 0.15) is 16.4 Å². The van der Waals surface area contributed by atoms with Gasteiger partial charge in [-0.15, -0.1) is 11.3 Å². The van der Waals surface area contributed by atoms with Crippen molar-refractivity contribution in [2.24, 2.45) is 17.8 Å². The first-order valence-electron chi connectivity index (χ1n) is 13.9. The number of benzene rings is 1. The highest BCUT2D eigenvalue weighted by Crippen LogP contribution is 2.51. The summed E-state index contributed by atoms with van der Waals surface area (Å²) in [5.74, 6) is 3.22. The Morgan fingerprint density at radius 1 is 1.05 bits per heavy atom. The molecule has 3 unspecified atom stereocenters. The highest BCUT2D eigenvalue weighted by atomic mass is 32.2. The van der Waals surface area contributed by atoms with Gasteiger partial charge in [-0.3, -0.25) is 14.0 Å². The van der Waals surface area contributed by atoms with Crippen LogP contribution in [-0.4, -0.2) is 50.2 Å². The van der Waals surface area contributed by atoms with E-state index in [1.165, 1.54) is 36.4 Å². The minimum Gasteiger partial charge on any atom is -0.370 e. The van der Waals surface area contributed by atoms with E-state index in [4.69, 9.17) is 5.26 Å². The van der Waals surface area contributed by atoms with E-state index in [0.717, 1.165) is 83.2 Å². The van der Waals surface area contributed by atoms with E-state index in [0.29, 0.717) is 5.69 Å². The van der Waals surface area contributed by atoms with Crippen molar-refractivity contribution < 1.29 is 13.4 Å². The number of pyridine rings is 1. The van der Waals surface area contributed by atoms with E-state index in [9.17, 15) is 13.4 Å². The Morgan fingerprint density at radius 3 is 2.48 bits per heavy atom. The van der Waals surface area contributed by atoms with E-state index in [1.807, 2.05) is 6.20 Å². The van der Waals surface area contributed by atoms with Crippen molar-refractivity contribution in [2.45, 2.75) is 44.1 Å². The molecule has 1 aromatic carbocycles. The predicted molar refractivity (Wildman–Crippen MR) is 155 cm³/mol. The first kappa shape index (κ1) is 27.0. The second-order valence-electron chi connectivity index (χ2n) is 11.2. The Hall–Kier alpha value is -3.16. The molecule has 3 aliphatic carbocycles. The summed E-state index contributed by atoms with van der Waals surface area (Å²) >= 11 is 1.54. The number of anilines is 1. The molecule has 208 valence electrons. The van der Waals surface area contributed by atoms with Crippen LogP contribution in [0.5, 0.6) is 0 Å². The Bertz CT molecular complexity index is 1420. The summed E-state index contributed by atoms with van der Waals surface area (Å²) in [5.41, 5.74) is 2.45. The second kappa shape index (κ2) is 11.4. The lowest BCUT2D eigenvalue weighted by atomic mass is 9.88. The summed E-state index contributed by atoms with van der Waals surface area (Å²) < 4.78 is 24.5. The van der Waals surface area contributed by atoms with Crippen LogP contribution in [-0.2, 0) is 15.6 Å². The fourth-order valence-electron chi connectivity index (χ4n) is 5.58. The van der Waals surface area contributed by atoms with Crippen LogP contribution in [0, 0.1) is 34.9 Å². The molecule has 1 N–H and O–H groups in total. The molecule has 1 aliphatic heterocycles. The molecule has 1 saturated heterocycles. The third-order valence-corrected chi connectivity index (χ3v) is 10.7. The minimum atomic E-state index is -0.663. The van der Waals surface area contributed by atoms with Crippen LogP contribution >= 0.6 is 11.3 Å². The number of aromatic nitrogens is 2. The van der Waals surface area contributed by atoms with Gasteiger partial charge in [0.05, 0.1) is 22.8 Å². The number of hydrogen-bond donors (Lipinski definition) is 1. The lowest BCUT2D eigenvalue weighted by Crippen LogP contribution is -2.40. The number of fused-ring (bicyclic) bond motifs is 1. The van der Waals surface area contributed by atoms with Crippen molar-refractivity contribution in [1.82, 2.24) is 15.3 Å². The standard InChI is InChI=1S/C18H16FN3OS2.C12H16N2O/c19-14-3-6-16(20-11-14)18-21-12-17(24-18)13-1-4-15(5-2-13)22-7-9-25(23)10-8-22;13-7-12(3-4-12)14-11(15)9-2-1-8-5-10(8)6-9/h1-6,11-12H,7-10H2;8-10H,1-6H2,(H,14,15). The van der Waals surface area contributed by atoms with Gasteiger partial charge in [0.25, 0.3) is 0 Å². The van der Waals surface area contributed by atoms with Gasteiger partial charge in [-0.1, -0.05) is 12.1 Å². The Morgan fingerprint density at radius 2 is 1.82 bits per heavy atom. The molecule has 7 rings (SSSR count). The maximum atomic E-state index is 13.0. The summed E-state index contributed by atoms with van der Waals surface area (Å²) in [7, 11) is -0.663. The molecule has 1 amide bonds. The van der Waals surface area contributed by atoms with Crippen molar-refractivity contribution in [2.75, 3.05) is 29.5 Å². The van der Waals surface area contributed by atoms with Gasteiger partial charge in [-0.25, -0.2) is 9.37 Å². The molecule has 3 aromatic rings. The molecular formula is C30H32FN5O2S2. The van der Waals surface area contributed by atoms with E-state index in [1.54, 1.807) is 6.07 Å². The summed E-state index contributed by atoms with van der Waals surface area (Å²) in [6.07, 6.45) is 9.38. The van der Waals surface area contributed by atoms with Crippen LogP contribution in [0.2, 0.25) is 0 Å². The quantitative estimate of drug-likeness (QED) is 0.449. The zero-order chi connectivity index (χ0) is 27.7. The van der Waals surface area contributed by atoms with Crippen molar-refractivity contribution in [3.63, 3.8) is 0 Å². The normalized spacial score (nSPS) is 24.6. The van der Waals surface area contributed by atoms with E-state index in [2.05, 4.69) is 50.5 Å². The molecule has 40 heavy (non-hydrogen) atoms. The lowest BCUT2D eigenvalue weighted by molar-refractivity contribution is -0.126. The molecular weight excluding hydrogens is 545 g/mol. The fourth-order valence-corrected chi connectivity index (χ4v) is 7.53. The largest absolute Gasteiger partial charge is 0.370 e. The van der Waals surface area contributed by atoms with Gasteiger partial charge >= 0.3 is 0 Å². The molecule has 0 radical (unpaired) electrons. The smallest absolute Gasteiger partial charge is 0.224 e. The number of amides is 1. The van der Waals surface area contributed by atoms with Gasteiger partial charge < -0.3 is 10.2 Å². The van der Waals surface area contributed by atoms with Crippen LogP contribution in [0.4, 0.5) is 10.1 Å². The molecule has 3 atom stereocenters. The third kappa shape index (κ3) is 6.26. The number of rotatable bonds is 5. The molecule has 0 bridgehead atoms. The summed E-state index contributed by atoms with van der Waals surface area (Å²) in [6, 6.07) is 13.6. The van der Waals surface area contributed by atoms with Crippen LogP contribution < -0.4 is 10.2 Å². The van der Waals surface area contributed by atoms with Gasteiger partial charge in [-0.2, -0.15) is 5.26 Å². The number of nitriles is 1. The van der Waals surface area contributed by atoms with Crippen LogP contribution in [0.1, 0.15) is 38.5 Å². The van der Waals surface area contributed by atoms with Gasteiger partial charge in [-0.05, 0) is 80.2 Å². The van der Waals surface area contributed by atoms with Gasteiger partial charge in [0.2, 0.25) is 5.91 Å². The number of nitrogens with zero attached hydrogens (tertiary/aromatic N) is 4. The van der Waals surface area contributed by atoms with Crippen molar-refractivity contribution >= 4 is 33.7 Å². The van der Waals surface area contributed by atoms with Crippen LogP contribution in [0.3, 0.4) is 0 Å². The monoisotopic (exact) mass is 577 g/mol. The topological polar surface area (TPSA) is 99.0 Å². The van der Waals surface area contributed by atoms with Crippen LogP contribution in [0.25, 0.3) is 21.1 Å². The second-order valence-corrected chi connectivity index (χ2v) is 13.9.